The summed E-state index contributed by atoms with van der Waals surface area (Å²) in [5.41, 5.74) is 1.67. The summed E-state index contributed by atoms with van der Waals surface area (Å²) in [6.45, 7) is 3.80. The third kappa shape index (κ3) is 19.2. The topological polar surface area (TPSA) is 105 Å². The molecule has 0 aliphatic carbocycles. The van der Waals surface area contributed by atoms with Crippen LogP contribution in [0.2, 0.25) is 0 Å². The van der Waals surface area contributed by atoms with Crippen LogP contribution in [0.1, 0.15) is 110 Å². The molecule has 10 nitrogen and oxygen atoms in total. The Bertz CT molecular complexity index is 1030. The van der Waals surface area contributed by atoms with Gasteiger partial charge in [-0.2, -0.15) is 0 Å². The van der Waals surface area contributed by atoms with Gasteiger partial charge in [0.1, 0.15) is 31.5 Å². The molecule has 1 heterocycles. The van der Waals surface area contributed by atoms with Crippen molar-refractivity contribution in [2.45, 2.75) is 122 Å². The number of phosphoric ester groups is 1. The molecular weight excluding hydrogens is 579 g/mol. The molecule has 0 aliphatic heterocycles. The van der Waals surface area contributed by atoms with Crippen LogP contribution in [-0.2, 0) is 29.8 Å². The number of unbranched alkanes of at least 4 members (excludes halogenated alkanes) is 15. The number of likely N-dealkylation sites (N-methyl/N-ethyl adjacent to an activating group) is 1. The molecule has 2 rings (SSSR count). The van der Waals surface area contributed by atoms with Gasteiger partial charge in [-0.05, 0) is 18.6 Å². The average molecular weight is 642 g/mol. The molecular formula is C33H62N4O6P+. The van der Waals surface area contributed by atoms with Gasteiger partial charge in [0.05, 0.1) is 39.9 Å². The summed E-state index contributed by atoms with van der Waals surface area (Å²) in [7, 11) is 1.78. The monoisotopic (exact) mass is 641 g/mol. The minimum atomic E-state index is -4.20. The van der Waals surface area contributed by atoms with Crippen molar-refractivity contribution in [2.24, 2.45) is 0 Å². The fraction of sp³-hybridized carbons (Fsp3) is 0.818. The summed E-state index contributed by atoms with van der Waals surface area (Å²) < 4.78 is 37.1. The normalized spacial score (nSPS) is 14.3. The van der Waals surface area contributed by atoms with Gasteiger partial charge in [-0.3, -0.25) is 9.05 Å². The maximum absolute atomic E-state index is 12.4. The van der Waals surface area contributed by atoms with Gasteiger partial charge in [-0.1, -0.05) is 121 Å². The lowest BCUT2D eigenvalue weighted by molar-refractivity contribution is -0.870. The Balaban J connectivity index is 1.61. The van der Waals surface area contributed by atoms with E-state index >= 15 is 0 Å². The molecule has 0 spiro atoms. The molecule has 0 saturated heterocycles. The summed E-state index contributed by atoms with van der Waals surface area (Å²) in [4.78, 5) is 10.2. The Morgan fingerprint density at radius 1 is 0.795 bits per heavy atom. The van der Waals surface area contributed by atoms with Crippen LogP contribution in [-0.4, -0.2) is 84.6 Å². The summed E-state index contributed by atoms with van der Waals surface area (Å²) in [5, 5.41) is 8.29. The zero-order valence-corrected chi connectivity index (χ0v) is 29.1. The molecule has 0 aliphatic rings. The number of hydrogen-bond acceptors (Lipinski definition) is 7. The van der Waals surface area contributed by atoms with E-state index in [1.165, 1.54) is 89.9 Å². The first-order chi connectivity index (χ1) is 21.2. The zero-order chi connectivity index (χ0) is 31.9. The van der Waals surface area contributed by atoms with Gasteiger partial charge < -0.3 is 18.9 Å². The van der Waals surface area contributed by atoms with Gasteiger partial charge in [0.25, 0.3) is 0 Å². The van der Waals surface area contributed by atoms with Gasteiger partial charge >= 0.3 is 7.82 Å². The van der Waals surface area contributed by atoms with Crippen molar-refractivity contribution in [1.29, 1.82) is 0 Å². The molecule has 0 fully saturated rings. The fourth-order valence-corrected chi connectivity index (χ4v) is 5.71. The van der Waals surface area contributed by atoms with Gasteiger partial charge in [-0.15, -0.1) is 5.10 Å². The van der Waals surface area contributed by atoms with E-state index in [0.29, 0.717) is 17.6 Å². The van der Waals surface area contributed by atoms with E-state index in [1.807, 2.05) is 45.4 Å². The molecule has 254 valence electrons. The number of ether oxygens (including phenoxy) is 2. The molecule has 0 bridgehead atoms. The Kier molecular flexibility index (Phi) is 20.3. The summed E-state index contributed by atoms with van der Waals surface area (Å²) >= 11 is 0. The van der Waals surface area contributed by atoms with Crippen LogP contribution in [0.15, 0.2) is 24.3 Å². The minimum Gasteiger partial charge on any atom is -0.373 e. The first kappa shape index (κ1) is 38.8. The molecule has 44 heavy (non-hydrogen) atoms. The van der Waals surface area contributed by atoms with Gasteiger partial charge in [-0.25, -0.2) is 9.25 Å². The molecule has 0 radical (unpaired) electrons. The molecule has 1 aromatic carbocycles. The minimum absolute atomic E-state index is 0.102. The molecule has 1 N–H and O–H groups in total. The number of phosphoric acid groups is 1. The predicted octanol–water partition coefficient (Wildman–Crippen LogP) is 7.89. The maximum atomic E-state index is 12.4. The summed E-state index contributed by atoms with van der Waals surface area (Å²) in [6, 6.07) is 7.67. The lowest BCUT2D eigenvalue weighted by atomic mass is 10.0. The lowest BCUT2D eigenvalue weighted by Gasteiger charge is -2.24. The summed E-state index contributed by atoms with van der Waals surface area (Å²) in [6.07, 6.45) is 20.5. The van der Waals surface area contributed by atoms with Crippen molar-refractivity contribution < 1.29 is 32.5 Å². The van der Waals surface area contributed by atoms with Crippen LogP contribution in [0.5, 0.6) is 0 Å². The molecule has 2 unspecified atom stereocenters. The van der Waals surface area contributed by atoms with Crippen LogP contribution in [0.4, 0.5) is 0 Å². The highest BCUT2D eigenvalue weighted by atomic mass is 31.2. The molecule has 1 aromatic heterocycles. The number of rotatable bonds is 29. The van der Waals surface area contributed by atoms with Crippen molar-refractivity contribution in [3.63, 3.8) is 0 Å². The van der Waals surface area contributed by atoms with E-state index in [1.54, 1.807) is 4.68 Å². The van der Waals surface area contributed by atoms with Crippen molar-refractivity contribution in [3.05, 3.63) is 24.3 Å². The molecule has 2 aromatic rings. The van der Waals surface area contributed by atoms with Crippen molar-refractivity contribution in [2.75, 3.05) is 54.1 Å². The lowest BCUT2D eigenvalue weighted by Crippen LogP contribution is -2.37. The smallest absolute Gasteiger partial charge is 0.373 e. The van der Waals surface area contributed by atoms with E-state index in [4.69, 9.17) is 18.5 Å². The second-order valence-electron chi connectivity index (χ2n) is 13.0. The maximum Gasteiger partial charge on any atom is 0.472 e. The number of hydrogen-bond donors (Lipinski definition) is 1. The van der Waals surface area contributed by atoms with Crippen LogP contribution in [0.3, 0.4) is 0 Å². The fourth-order valence-electron chi connectivity index (χ4n) is 4.97. The number of fused-ring (bicyclic) bond motifs is 1. The van der Waals surface area contributed by atoms with Crippen LogP contribution < -0.4 is 0 Å². The summed E-state index contributed by atoms with van der Waals surface area (Å²) in [5.74, 6) is 0. The van der Waals surface area contributed by atoms with Crippen LogP contribution >= 0.6 is 7.82 Å². The van der Waals surface area contributed by atoms with Crippen LogP contribution in [0, 0.1) is 0 Å². The number of para-hydroxylation sites is 1. The Morgan fingerprint density at radius 3 is 1.95 bits per heavy atom. The second kappa shape index (κ2) is 23.0. The Morgan fingerprint density at radius 2 is 1.36 bits per heavy atom. The van der Waals surface area contributed by atoms with E-state index < -0.39 is 13.9 Å². The van der Waals surface area contributed by atoms with Crippen molar-refractivity contribution in [1.82, 2.24) is 15.0 Å². The van der Waals surface area contributed by atoms with Gasteiger partial charge in [0.15, 0.2) is 0 Å². The Labute approximate surface area is 267 Å². The predicted molar refractivity (Wildman–Crippen MR) is 177 cm³/mol. The second-order valence-corrected chi connectivity index (χ2v) is 14.4. The number of nitrogens with zero attached hydrogens (tertiary/aromatic N) is 4. The van der Waals surface area contributed by atoms with Crippen molar-refractivity contribution in [3.8, 4) is 0 Å². The van der Waals surface area contributed by atoms with Crippen LogP contribution in [0.25, 0.3) is 11.0 Å². The van der Waals surface area contributed by atoms with E-state index in [2.05, 4.69) is 17.2 Å². The van der Waals surface area contributed by atoms with E-state index in [9.17, 15) is 9.46 Å². The van der Waals surface area contributed by atoms with Crippen molar-refractivity contribution >= 4 is 18.9 Å². The largest absolute Gasteiger partial charge is 0.472 e. The third-order valence-electron chi connectivity index (χ3n) is 7.73. The van der Waals surface area contributed by atoms with Gasteiger partial charge in [0, 0.05) is 6.61 Å². The number of aromatic nitrogens is 3. The molecule has 0 amide bonds. The van der Waals surface area contributed by atoms with E-state index in [-0.39, 0.29) is 26.6 Å². The Hall–Kier alpha value is -1.39. The standard InChI is InChI=1S/C33H61N4O6P/c1-5-6-7-8-9-10-11-12-13-14-15-16-17-18-19-22-26-41-31(29-43-44(38,39)42-27-25-37(2,3)4)28-40-30-36-33-24-21-20-23-32(33)34-35-36/h20-21,23-24,31H,5-19,22,25-30H2,1-4H3/p+1. The first-order valence-electron chi connectivity index (χ1n) is 17.1. The third-order valence-corrected chi connectivity index (χ3v) is 8.71. The molecule has 0 saturated carbocycles. The highest BCUT2D eigenvalue weighted by Crippen LogP contribution is 2.43. The average Bonchev–Trinajstić information content (AvgIpc) is 3.39. The number of benzene rings is 1. The number of quaternary nitrogens is 1. The zero-order valence-electron chi connectivity index (χ0n) is 28.2. The molecule has 2 atom stereocenters. The quantitative estimate of drug-likeness (QED) is 0.0543. The first-order valence-corrected chi connectivity index (χ1v) is 18.6. The van der Waals surface area contributed by atoms with Gasteiger partial charge in [0.2, 0.25) is 0 Å². The molecule has 11 heteroatoms. The highest BCUT2D eigenvalue weighted by Gasteiger charge is 2.25. The SMILES string of the molecule is CCCCCCCCCCCCCCCCCCOC(COCn1nnc2ccccc21)COP(=O)(O)OCC[N+](C)(C)C. The van der Waals surface area contributed by atoms with E-state index in [0.717, 1.165) is 23.9 Å². The highest BCUT2D eigenvalue weighted by molar-refractivity contribution is 7.47.